The van der Waals surface area contributed by atoms with Crippen LogP contribution in [0, 0.1) is 0 Å². The normalized spacial score (nSPS) is 12.0. The summed E-state index contributed by atoms with van der Waals surface area (Å²) in [6.07, 6.45) is -1.46. The standard InChI is InChI=1S/C13H25F3O3/c1-2-3-4-7-17-9-11-19-12-10-18-8-5-6-13(14,15)16/h2-12H2,1H3. The van der Waals surface area contributed by atoms with Gasteiger partial charge in [0.05, 0.1) is 26.4 Å². The zero-order chi connectivity index (χ0) is 14.4. The molecule has 3 nitrogen and oxygen atoms in total. The number of rotatable bonds is 13. The van der Waals surface area contributed by atoms with E-state index < -0.39 is 12.6 Å². The maximum atomic E-state index is 11.8. The Balaban J connectivity index is 2.99. The molecular weight excluding hydrogens is 261 g/mol. The van der Waals surface area contributed by atoms with E-state index in [1.165, 1.54) is 12.8 Å². The Labute approximate surface area is 113 Å². The minimum atomic E-state index is -4.09. The molecule has 0 saturated heterocycles. The highest BCUT2D eigenvalue weighted by atomic mass is 19.4. The van der Waals surface area contributed by atoms with Crippen LogP contribution in [0.1, 0.15) is 39.0 Å². The zero-order valence-electron chi connectivity index (χ0n) is 11.6. The third kappa shape index (κ3) is 17.7. The first-order valence-corrected chi connectivity index (χ1v) is 6.86. The molecule has 0 aliphatic heterocycles. The van der Waals surface area contributed by atoms with Crippen LogP contribution in [0.4, 0.5) is 13.2 Å². The maximum Gasteiger partial charge on any atom is 0.389 e. The van der Waals surface area contributed by atoms with Gasteiger partial charge >= 0.3 is 6.18 Å². The smallest absolute Gasteiger partial charge is 0.379 e. The molecule has 0 atom stereocenters. The third-order valence-electron chi connectivity index (χ3n) is 2.39. The van der Waals surface area contributed by atoms with Gasteiger partial charge in [0, 0.05) is 19.6 Å². The summed E-state index contributed by atoms with van der Waals surface area (Å²) in [7, 11) is 0. The molecule has 0 unspecified atom stereocenters. The summed E-state index contributed by atoms with van der Waals surface area (Å²) >= 11 is 0. The van der Waals surface area contributed by atoms with Gasteiger partial charge < -0.3 is 14.2 Å². The van der Waals surface area contributed by atoms with Crippen molar-refractivity contribution in [2.75, 3.05) is 39.6 Å². The van der Waals surface area contributed by atoms with Gasteiger partial charge in [0.2, 0.25) is 0 Å². The maximum absolute atomic E-state index is 11.8. The van der Waals surface area contributed by atoms with Crippen molar-refractivity contribution in [2.24, 2.45) is 0 Å². The molecule has 0 spiro atoms. The number of halogens is 3. The first-order valence-electron chi connectivity index (χ1n) is 6.86. The van der Waals surface area contributed by atoms with Gasteiger partial charge in [-0.25, -0.2) is 0 Å². The average Bonchev–Trinajstić information content (AvgIpc) is 2.34. The van der Waals surface area contributed by atoms with Crippen LogP contribution in [0.25, 0.3) is 0 Å². The van der Waals surface area contributed by atoms with Crippen LogP contribution in [0.15, 0.2) is 0 Å². The Morgan fingerprint density at radius 3 is 1.63 bits per heavy atom. The second kappa shape index (κ2) is 12.7. The van der Waals surface area contributed by atoms with Gasteiger partial charge in [-0.2, -0.15) is 13.2 Å². The summed E-state index contributed by atoms with van der Waals surface area (Å²) in [5.41, 5.74) is 0. The SMILES string of the molecule is CCCCCOCCOCCOCCCC(F)(F)F. The summed E-state index contributed by atoms with van der Waals surface area (Å²) in [4.78, 5) is 0. The lowest BCUT2D eigenvalue weighted by Gasteiger charge is -2.08. The molecule has 0 aromatic carbocycles. The second-order valence-electron chi connectivity index (χ2n) is 4.26. The number of unbranched alkanes of at least 4 members (excludes halogenated alkanes) is 2. The largest absolute Gasteiger partial charge is 0.389 e. The van der Waals surface area contributed by atoms with E-state index >= 15 is 0 Å². The molecule has 0 saturated carbocycles. The van der Waals surface area contributed by atoms with E-state index in [0.717, 1.165) is 13.0 Å². The summed E-state index contributed by atoms with van der Waals surface area (Å²) in [6.45, 7) is 4.78. The number of ether oxygens (including phenoxy) is 3. The van der Waals surface area contributed by atoms with E-state index in [4.69, 9.17) is 14.2 Å². The molecule has 19 heavy (non-hydrogen) atoms. The molecule has 0 aliphatic rings. The first kappa shape index (κ1) is 18.7. The van der Waals surface area contributed by atoms with Gasteiger partial charge in [-0.1, -0.05) is 19.8 Å². The molecule has 0 bridgehead atoms. The fraction of sp³-hybridized carbons (Fsp3) is 1.00. The summed E-state index contributed by atoms with van der Waals surface area (Å²) in [5, 5.41) is 0. The topological polar surface area (TPSA) is 27.7 Å². The number of hydrogen-bond donors (Lipinski definition) is 0. The molecule has 0 N–H and O–H groups in total. The number of alkyl halides is 3. The van der Waals surface area contributed by atoms with Crippen LogP contribution >= 0.6 is 0 Å². The number of hydrogen-bond acceptors (Lipinski definition) is 3. The highest BCUT2D eigenvalue weighted by Gasteiger charge is 2.25. The molecule has 0 amide bonds. The van der Waals surface area contributed by atoms with Crippen molar-refractivity contribution in [2.45, 2.75) is 45.2 Å². The first-order chi connectivity index (χ1) is 9.06. The predicted octanol–water partition coefficient (Wildman–Crippen LogP) is 3.57. The van der Waals surface area contributed by atoms with E-state index in [2.05, 4.69) is 6.92 Å². The van der Waals surface area contributed by atoms with Crippen molar-refractivity contribution in [3.8, 4) is 0 Å². The third-order valence-corrected chi connectivity index (χ3v) is 2.39. The lowest BCUT2D eigenvalue weighted by Crippen LogP contribution is -2.12. The van der Waals surface area contributed by atoms with Crippen LogP contribution in [-0.4, -0.2) is 45.8 Å². The Morgan fingerprint density at radius 1 is 0.684 bits per heavy atom. The Kier molecular flexibility index (Phi) is 12.5. The van der Waals surface area contributed by atoms with Crippen molar-refractivity contribution in [3.63, 3.8) is 0 Å². The second-order valence-corrected chi connectivity index (χ2v) is 4.26. The van der Waals surface area contributed by atoms with E-state index in [9.17, 15) is 13.2 Å². The highest BCUT2D eigenvalue weighted by molar-refractivity contribution is 4.49. The molecule has 0 heterocycles. The van der Waals surface area contributed by atoms with Crippen LogP contribution in [-0.2, 0) is 14.2 Å². The molecule has 116 valence electrons. The quantitative estimate of drug-likeness (QED) is 0.484. The predicted molar refractivity (Wildman–Crippen MR) is 67.3 cm³/mol. The van der Waals surface area contributed by atoms with Gasteiger partial charge in [0.25, 0.3) is 0 Å². The molecule has 0 rings (SSSR count). The summed E-state index contributed by atoms with van der Waals surface area (Å²) in [6, 6.07) is 0. The molecule has 0 radical (unpaired) electrons. The monoisotopic (exact) mass is 286 g/mol. The van der Waals surface area contributed by atoms with Crippen LogP contribution in [0.2, 0.25) is 0 Å². The van der Waals surface area contributed by atoms with E-state index in [-0.39, 0.29) is 13.0 Å². The molecule has 0 aromatic heterocycles. The van der Waals surface area contributed by atoms with E-state index in [1.807, 2.05) is 0 Å². The molecule has 0 aromatic rings. The molecule has 0 fully saturated rings. The zero-order valence-corrected chi connectivity index (χ0v) is 11.6. The fourth-order valence-electron chi connectivity index (χ4n) is 1.37. The summed E-state index contributed by atoms with van der Waals surface area (Å²) in [5.74, 6) is 0. The molecule has 0 aliphatic carbocycles. The molecular formula is C13H25F3O3. The van der Waals surface area contributed by atoms with Crippen molar-refractivity contribution in [1.29, 1.82) is 0 Å². The van der Waals surface area contributed by atoms with Crippen LogP contribution in [0.3, 0.4) is 0 Å². The van der Waals surface area contributed by atoms with E-state index in [0.29, 0.717) is 26.4 Å². The minimum Gasteiger partial charge on any atom is -0.379 e. The lowest BCUT2D eigenvalue weighted by molar-refractivity contribution is -0.138. The van der Waals surface area contributed by atoms with Crippen molar-refractivity contribution in [1.82, 2.24) is 0 Å². The van der Waals surface area contributed by atoms with Gasteiger partial charge in [-0.05, 0) is 12.8 Å². The van der Waals surface area contributed by atoms with Gasteiger partial charge in [-0.3, -0.25) is 0 Å². The van der Waals surface area contributed by atoms with Crippen LogP contribution in [0.5, 0.6) is 0 Å². The Morgan fingerprint density at radius 2 is 1.16 bits per heavy atom. The Hall–Kier alpha value is -0.330. The van der Waals surface area contributed by atoms with Gasteiger partial charge in [0.15, 0.2) is 0 Å². The van der Waals surface area contributed by atoms with Crippen LogP contribution < -0.4 is 0 Å². The highest BCUT2D eigenvalue weighted by Crippen LogP contribution is 2.20. The van der Waals surface area contributed by atoms with Crippen molar-refractivity contribution < 1.29 is 27.4 Å². The van der Waals surface area contributed by atoms with Gasteiger partial charge in [0.1, 0.15) is 0 Å². The van der Waals surface area contributed by atoms with Gasteiger partial charge in [-0.15, -0.1) is 0 Å². The average molecular weight is 286 g/mol. The van der Waals surface area contributed by atoms with Crippen molar-refractivity contribution in [3.05, 3.63) is 0 Å². The van der Waals surface area contributed by atoms with E-state index in [1.54, 1.807) is 0 Å². The summed E-state index contributed by atoms with van der Waals surface area (Å²) < 4.78 is 50.9. The van der Waals surface area contributed by atoms with Crippen molar-refractivity contribution >= 4 is 0 Å². The minimum absolute atomic E-state index is 0.00401. The Bertz CT molecular complexity index is 186. The fourth-order valence-corrected chi connectivity index (χ4v) is 1.37. The lowest BCUT2D eigenvalue weighted by atomic mass is 10.3. The molecule has 6 heteroatoms.